The van der Waals surface area contributed by atoms with Crippen LogP contribution in [0, 0.1) is 5.82 Å². The Morgan fingerprint density at radius 1 is 1.02 bits per heavy atom. The molecule has 0 aliphatic carbocycles. The quantitative estimate of drug-likeness (QED) is 0.267. The number of benzene rings is 3. The second-order valence-corrected chi connectivity index (χ2v) is 14.6. The van der Waals surface area contributed by atoms with Gasteiger partial charge in [0.15, 0.2) is 0 Å². The Labute approximate surface area is 262 Å². The van der Waals surface area contributed by atoms with Crippen LogP contribution in [-0.2, 0) is 15.4 Å². The third-order valence-electron chi connectivity index (χ3n) is 8.58. The van der Waals surface area contributed by atoms with Crippen LogP contribution in [0.5, 0.6) is 0 Å². The predicted molar refractivity (Wildman–Crippen MR) is 168 cm³/mol. The number of hydrogen-bond acceptors (Lipinski definition) is 4. The van der Waals surface area contributed by atoms with Gasteiger partial charge >= 0.3 is 0 Å². The van der Waals surface area contributed by atoms with E-state index in [1.807, 2.05) is 12.1 Å². The zero-order valence-corrected chi connectivity index (χ0v) is 26.6. The number of fused-ring (bicyclic) bond motifs is 2. The number of halogens is 4. The first-order valence-corrected chi connectivity index (χ1v) is 16.8. The topological polar surface area (TPSA) is 60.9 Å². The molecule has 2 aliphatic heterocycles. The molecule has 0 N–H and O–H groups in total. The zero-order chi connectivity index (χ0) is 30.2. The van der Waals surface area contributed by atoms with Crippen molar-refractivity contribution < 1.29 is 17.6 Å². The first-order valence-electron chi connectivity index (χ1n) is 13.8. The van der Waals surface area contributed by atoms with Gasteiger partial charge in [0.25, 0.3) is 5.91 Å². The number of carbonyl (C=O) groups excluding carboxylic acids is 1. The molecule has 1 fully saturated rings. The van der Waals surface area contributed by atoms with Crippen LogP contribution in [-0.4, -0.2) is 70.2 Å². The normalized spacial score (nSPS) is 17.3. The number of piperidine rings is 1. The zero-order valence-electron chi connectivity index (χ0n) is 23.5. The van der Waals surface area contributed by atoms with Crippen molar-refractivity contribution in [1.82, 2.24) is 9.80 Å². The number of likely N-dealkylation sites (N-methyl/N-ethyl adjacent to an activating group) is 1. The Morgan fingerprint density at radius 3 is 2.43 bits per heavy atom. The van der Waals surface area contributed by atoms with E-state index in [1.165, 1.54) is 22.7 Å². The van der Waals surface area contributed by atoms with E-state index in [4.69, 9.17) is 34.8 Å². The smallest absolute Gasteiger partial charge is 0.253 e. The predicted octanol–water partition coefficient (Wildman–Crippen LogP) is 6.85. The molecule has 3 aromatic carbocycles. The molecular weight excluding hydrogens is 620 g/mol. The number of nitrogens with zero attached hydrogens (tertiary/aromatic N) is 3. The lowest BCUT2D eigenvalue weighted by molar-refractivity contribution is 0.0780. The minimum atomic E-state index is -3.48. The molecule has 42 heavy (non-hydrogen) atoms. The van der Waals surface area contributed by atoms with Gasteiger partial charge in [0.2, 0.25) is 10.0 Å². The average Bonchev–Trinajstić information content (AvgIpc) is 3.26. The number of anilines is 1. The van der Waals surface area contributed by atoms with Gasteiger partial charge in [-0.15, -0.1) is 0 Å². The van der Waals surface area contributed by atoms with Crippen molar-refractivity contribution in [3.05, 3.63) is 98.2 Å². The molecule has 2 heterocycles. The Morgan fingerprint density at radius 2 is 1.76 bits per heavy atom. The Bertz CT molecular complexity index is 1600. The van der Waals surface area contributed by atoms with E-state index < -0.39 is 15.4 Å². The summed E-state index contributed by atoms with van der Waals surface area (Å²) in [7, 11) is -1.70. The summed E-state index contributed by atoms with van der Waals surface area (Å²) in [6, 6.07) is 16.9. The minimum Gasteiger partial charge on any atom is -0.341 e. The molecule has 1 unspecified atom stereocenters. The van der Waals surface area contributed by atoms with Gasteiger partial charge in [0.1, 0.15) is 5.82 Å². The number of rotatable bonds is 8. The highest BCUT2D eigenvalue weighted by atomic mass is 35.5. The molecule has 1 atom stereocenters. The van der Waals surface area contributed by atoms with Crippen LogP contribution in [0.1, 0.15) is 46.7 Å². The number of likely N-dealkylation sites (tertiary alicyclic amines) is 1. The van der Waals surface area contributed by atoms with Crippen LogP contribution < -0.4 is 4.31 Å². The maximum Gasteiger partial charge on any atom is 0.253 e. The monoisotopic (exact) mass is 651 g/mol. The lowest BCUT2D eigenvalue weighted by Crippen LogP contribution is -2.46. The lowest BCUT2D eigenvalue weighted by Gasteiger charge is -2.40. The molecule has 0 saturated carbocycles. The van der Waals surface area contributed by atoms with Crippen molar-refractivity contribution in [1.29, 1.82) is 0 Å². The minimum absolute atomic E-state index is 0.00850. The van der Waals surface area contributed by atoms with Crippen molar-refractivity contribution in [2.45, 2.75) is 30.6 Å². The third kappa shape index (κ3) is 6.58. The van der Waals surface area contributed by atoms with E-state index in [1.54, 1.807) is 48.3 Å². The summed E-state index contributed by atoms with van der Waals surface area (Å²) >= 11 is 18.7. The van der Waals surface area contributed by atoms with Gasteiger partial charge in [-0.25, -0.2) is 12.8 Å². The van der Waals surface area contributed by atoms with Gasteiger partial charge in [-0.3, -0.25) is 9.10 Å². The van der Waals surface area contributed by atoms with Crippen LogP contribution in [0.3, 0.4) is 0 Å². The van der Waals surface area contributed by atoms with Gasteiger partial charge in [-0.2, -0.15) is 0 Å². The highest BCUT2D eigenvalue weighted by Gasteiger charge is 2.47. The molecular formula is C31H33Cl3FN3O3S. The maximum atomic E-state index is 14.3. The molecule has 224 valence electrons. The number of hydrogen-bond donors (Lipinski definition) is 0. The van der Waals surface area contributed by atoms with Crippen molar-refractivity contribution >= 4 is 56.4 Å². The van der Waals surface area contributed by atoms with Crippen LogP contribution in [0.4, 0.5) is 10.1 Å². The van der Waals surface area contributed by atoms with E-state index in [-0.39, 0.29) is 17.6 Å². The second-order valence-electron chi connectivity index (χ2n) is 11.4. The first-order chi connectivity index (χ1) is 19.9. The summed E-state index contributed by atoms with van der Waals surface area (Å²) in [4.78, 5) is 17.3. The molecule has 11 heteroatoms. The first kappa shape index (κ1) is 31.1. The molecule has 5 rings (SSSR count). The maximum absolute atomic E-state index is 14.3. The molecule has 2 aliphatic rings. The largest absolute Gasteiger partial charge is 0.341 e. The summed E-state index contributed by atoms with van der Waals surface area (Å²) in [6.45, 7) is 3.07. The molecule has 1 amide bonds. The van der Waals surface area contributed by atoms with E-state index in [2.05, 4.69) is 4.90 Å². The molecule has 6 nitrogen and oxygen atoms in total. The molecule has 0 aromatic heterocycles. The summed E-state index contributed by atoms with van der Waals surface area (Å²) in [5.41, 5.74) is 2.47. The molecule has 3 aromatic rings. The van der Waals surface area contributed by atoms with E-state index in [0.717, 1.165) is 50.0 Å². The van der Waals surface area contributed by atoms with E-state index >= 15 is 0 Å². The van der Waals surface area contributed by atoms with Gasteiger partial charge in [0.05, 0.1) is 22.0 Å². The van der Waals surface area contributed by atoms with Gasteiger partial charge in [-0.05, 0) is 98.6 Å². The van der Waals surface area contributed by atoms with Crippen molar-refractivity contribution in [2.75, 3.05) is 50.3 Å². The van der Waals surface area contributed by atoms with Crippen molar-refractivity contribution in [3.8, 4) is 0 Å². The van der Waals surface area contributed by atoms with Crippen molar-refractivity contribution in [3.63, 3.8) is 0 Å². The Hall–Kier alpha value is -2.36. The Kier molecular flexibility index (Phi) is 9.12. The Balaban J connectivity index is 1.29. The summed E-state index contributed by atoms with van der Waals surface area (Å²) in [6.07, 6.45) is 3.41. The van der Waals surface area contributed by atoms with Gasteiger partial charge < -0.3 is 9.80 Å². The molecule has 1 spiro atoms. The van der Waals surface area contributed by atoms with Crippen molar-refractivity contribution in [2.24, 2.45) is 0 Å². The fraction of sp³-hybridized carbons (Fsp3) is 0.387. The lowest BCUT2D eigenvalue weighted by atomic mass is 9.74. The standard InChI is InChI=1S/C31H33Cl3FN3O3S/c1-36(30(39)22-4-3-5-24(32)16-22)19-23(21-6-8-27(33)28(34)17-21)10-13-37-14-11-31(12-15-37)20-38(42(2,40)41)29-9-7-25(35)18-26(29)31/h3-9,16-18,23H,10-15,19-20H2,1-2H3. The number of amides is 1. The second kappa shape index (κ2) is 12.3. The van der Waals surface area contributed by atoms with Crippen LogP contribution in [0.15, 0.2) is 60.7 Å². The highest BCUT2D eigenvalue weighted by Crippen LogP contribution is 2.48. The average molecular weight is 653 g/mol. The highest BCUT2D eigenvalue weighted by molar-refractivity contribution is 7.92. The van der Waals surface area contributed by atoms with Gasteiger partial charge in [0, 0.05) is 42.1 Å². The summed E-state index contributed by atoms with van der Waals surface area (Å²) < 4.78 is 40.8. The van der Waals surface area contributed by atoms with Crippen LogP contribution in [0.25, 0.3) is 0 Å². The van der Waals surface area contributed by atoms with Crippen LogP contribution in [0.2, 0.25) is 15.1 Å². The van der Waals surface area contributed by atoms with E-state index in [9.17, 15) is 17.6 Å². The SMILES string of the molecule is CN(CC(CCN1CCC2(CC1)CN(S(C)(=O)=O)c1ccc(F)cc12)c1ccc(Cl)c(Cl)c1)C(=O)c1cccc(Cl)c1. The van der Waals surface area contributed by atoms with Crippen LogP contribution >= 0.6 is 34.8 Å². The summed E-state index contributed by atoms with van der Waals surface area (Å²) in [5.74, 6) is -0.484. The van der Waals surface area contributed by atoms with Gasteiger partial charge in [-0.1, -0.05) is 46.9 Å². The molecule has 1 saturated heterocycles. The number of sulfonamides is 1. The fourth-order valence-electron chi connectivity index (χ4n) is 6.25. The van der Waals surface area contributed by atoms with E-state index in [0.29, 0.717) is 39.4 Å². The fourth-order valence-corrected chi connectivity index (χ4v) is 7.74. The number of carbonyl (C=O) groups is 1. The molecule has 0 bridgehead atoms. The molecule has 0 radical (unpaired) electrons. The summed E-state index contributed by atoms with van der Waals surface area (Å²) in [5, 5.41) is 1.44. The third-order valence-corrected chi connectivity index (χ3v) is 10.7.